The number of benzene rings is 2. The molecular formula is C16H11F2N3O2S. The molecule has 122 valence electrons. The fraction of sp³-hybridized carbons (Fsp3) is 0.0625. The summed E-state index contributed by atoms with van der Waals surface area (Å²) in [4.78, 5) is 11.8. The lowest BCUT2D eigenvalue weighted by molar-refractivity contribution is -0.113. The molecular weight excluding hydrogens is 336 g/mol. The highest BCUT2D eigenvalue weighted by Crippen LogP contribution is 2.23. The molecule has 3 rings (SSSR count). The third-order valence-electron chi connectivity index (χ3n) is 2.93. The molecule has 1 N–H and O–H groups in total. The summed E-state index contributed by atoms with van der Waals surface area (Å²) in [5.41, 5.74) is 0.957. The zero-order valence-electron chi connectivity index (χ0n) is 12.2. The molecule has 0 fully saturated rings. The van der Waals surface area contributed by atoms with E-state index >= 15 is 0 Å². The first-order chi connectivity index (χ1) is 11.6. The van der Waals surface area contributed by atoms with E-state index in [4.69, 9.17) is 4.42 Å². The summed E-state index contributed by atoms with van der Waals surface area (Å²) >= 11 is 1.05. The lowest BCUT2D eigenvalue weighted by atomic mass is 10.2. The summed E-state index contributed by atoms with van der Waals surface area (Å²) in [6.45, 7) is 0. The van der Waals surface area contributed by atoms with E-state index in [0.29, 0.717) is 11.3 Å². The number of amides is 1. The average molecular weight is 347 g/mol. The van der Waals surface area contributed by atoms with Gasteiger partial charge >= 0.3 is 0 Å². The summed E-state index contributed by atoms with van der Waals surface area (Å²) in [5.74, 6) is -0.855. The molecule has 1 amide bonds. The van der Waals surface area contributed by atoms with Crippen molar-refractivity contribution in [2.45, 2.75) is 5.22 Å². The van der Waals surface area contributed by atoms with Crippen molar-refractivity contribution in [1.82, 2.24) is 10.2 Å². The maximum atomic E-state index is 13.2. The number of anilines is 1. The van der Waals surface area contributed by atoms with Gasteiger partial charge in [-0.15, -0.1) is 10.2 Å². The standard InChI is InChI=1S/C16H11F2N3O2S/c17-11-4-6-13(7-5-11)19-14(22)9-24-16-21-20-15(23-16)10-2-1-3-12(18)8-10/h1-8H,9H2,(H,19,22). The van der Waals surface area contributed by atoms with Crippen molar-refractivity contribution in [1.29, 1.82) is 0 Å². The van der Waals surface area contributed by atoms with Crippen LogP contribution in [0.4, 0.5) is 14.5 Å². The summed E-state index contributed by atoms with van der Waals surface area (Å²) in [5, 5.41) is 10.4. The molecule has 0 bridgehead atoms. The maximum Gasteiger partial charge on any atom is 0.277 e. The number of hydrogen-bond acceptors (Lipinski definition) is 5. The molecule has 3 aromatic rings. The van der Waals surface area contributed by atoms with Crippen molar-refractivity contribution in [2.24, 2.45) is 0 Å². The van der Waals surface area contributed by atoms with Crippen molar-refractivity contribution in [2.75, 3.05) is 11.1 Å². The Balaban J connectivity index is 1.57. The molecule has 0 aliphatic heterocycles. The van der Waals surface area contributed by atoms with E-state index in [9.17, 15) is 13.6 Å². The Morgan fingerprint density at radius 3 is 2.62 bits per heavy atom. The van der Waals surface area contributed by atoms with Crippen LogP contribution in [0.25, 0.3) is 11.5 Å². The van der Waals surface area contributed by atoms with E-state index in [1.807, 2.05) is 0 Å². The predicted molar refractivity (Wildman–Crippen MR) is 85.4 cm³/mol. The van der Waals surface area contributed by atoms with Crippen LogP contribution in [0.1, 0.15) is 0 Å². The van der Waals surface area contributed by atoms with Crippen LogP contribution in [0.2, 0.25) is 0 Å². The topological polar surface area (TPSA) is 68.0 Å². The predicted octanol–water partition coefficient (Wildman–Crippen LogP) is 3.75. The van der Waals surface area contributed by atoms with Gasteiger partial charge in [0.05, 0.1) is 5.75 Å². The Kier molecular flexibility index (Phi) is 4.85. The number of nitrogens with one attached hydrogen (secondary N) is 1. The molecule has 1 aromatic heterocycles. The quantitative estimate of drug-likeness (QED) is 0.712. The first-order valence-corrected chi connectivity index (χ1v) is 7.86. The van der Waals surface area contributed by atoms with Gasteiger partial charge in [0.15, 0.2) is 0 Å². The number of halogens is 2. The van der Waals surface area contributed by atoms with Gasteiger partial charge in [0, 0.05) is 11.3 Å². The minimum absolute atomic E-state index is 0.0438. The van der Waals surface area contributed by atoms with Crippen LogP contribution in [0, 0.1) is 11.6 Å². The van der Waals surface area contributed by atoms with E-state index in [1.54, 1.807) is 6.07 Å². The molecule has 1 heterocycles. The van der Waals surface area contributed by atoms with Crippen LogP contribution in [-0.2, 0) is 4.79 Å². The fourth-order valence-electron chi connectivity index (χ4n) is 1.86. The van der Waals surface area contributed by atoms with E-state index < -0.39 is 5.82 Å². The summed E-state index contributed by atoms with van der Waals surface area (Å²) in [6.07, 6.45) is 0. The van der Waals surface area contributed by atoms with Gasteiger partial charge in [0.1, 0.15) is 11.6 Å². The van der Waals surface area contributed by atoms with Gasteiger partial charge in [0.2, 0.25) is 11.8 Å². The SMILES string of the molecule is O=C(CSc1nnc(-c2cccc(F)c2)o1)Nc1ccc(F)cc1. The number of carbonyl (C=O) groups is 1. The lowest BCUT2D eigenvalue weighted by Gasteiger charge is -2.03. The number of aromatic nitrogens is 2. The molecule has 0 radical (unpaired) electrons. The van der Waals surface area contributed by atoms with Gasteiger partial charge in [-0.05, 0) is 42.5 Å². The number of thioether (sulfide) groups is 1. The average Bonchev–Trinajstić information content (AvgIpc) is 3.04. The van der Waals surface area contributed by atoms with Gasteiger partial charge in [0.25, 0.3) is 5.22 Å². The number of rotatable bonds is 5. The zero-order chi connectivity index (χ0) is 16.9. The van der Waals surface area contributed by atoms with Crippen molar-refractivity contribution < 1.29 is 18.0 Å². The third-order valence-corrected chi connectivity index (χ3v) is 3.75. The van der Waals surface area contributed by atoms with Gasteiger partial charge in [-0.2, -0.15) is 0 Å². The van der Waals surface area contributed by atoms with Gasteiger partial charge in [-0.25, -0.2) is 8.78 Å². The van der Waals surface area contributed by atoms with Gasteiger partial charge < -0.3 is 9.73 Å². The summed E-state index contributed by atoms with van der Waals surface area (Å²) in [7, 11) is 0. The molecule has 0 aliphatic rings. The largest absolute Gasteiger partial charge is 0.411 e. The molecule has 0 unspecified atom stereocenters. The first-order valence-electron chi connectivity index (χ1n) is 6.88. The minimum atomic E-state index is -0.404. The molecule has 0 spiro atoms. The van der Waals surface area contributed by atoms with E-state index in [0.717, 1.165) is 11.8 Å². The molecule has 2 aromatic carbocycles. The molecule has 8 heteroatoms. The van der Waals surface area contributed by atoms with Crippen LogP contribution in [0.15, 0.2) is 58.2 Å². The van der Waals surface area contributed by atoms with Crippen molar-refractivity contribution in [3.05, 3.63) is 60.2 Å². The van der Waals surface area contributed by atoms with Crippen LogP contribution >= 0.6 is 11.8 Å². The zero-order valence-corrected chi connectivity index (χ0v) is 13.0. The molecule has 0 saturated heterocycles. The normalized spacial score (nSPS) is 10.6. The van der Waals surface area contributed by atoms with Crippen LogP contribution < -0.4 is 5.32 Å². The molecule has 24 heavy (non-hydrogen) atoms. The van der Waals surface area contributed by atoms with E-state index in [2.05, 4.69) is 15.5 Å². The number of hydrogen-bond donors (Lipinski definition) is 1. The Labute approximate surface area is 140 Å². The Hall–Kier alpha value is -2.74. The second-order valence-electron chi connectivity index (χ2n) is 4.73. The van der Waals surface area contributed by atoms with Gasteiger partial charge in [-0.1, -0.05) is 17.8 Å². The van der Waals surface area contributed by atoms with Crippen LogP contribution in [-0.4, -0.2) is 21.9 Å². The van der Waals surface area contributed by atoms with Gasteiger partial charge in [-0.3, -0.25) is 4.79 Å². The number of carbonyl (C=O) groups excluding carboxylic acids is 1. The highest BCUT2D eigenvalue weighted by molar-refractivity contribution is 7.99. The second-order valence-corrected chi connectivity index (χ2v) is 5.65. The molecule has 5 nitrogen and oxygen atoms in total. The summed E-state index contributed by atoms with van der Waals surface area (Å²) in [6, 6.07) is 11.2. The van der Waals surface area contributed by atoms with E-state index in [-0.39, 0.29) is 28.6 Å². The Morgan fingerprint density at radius 1 is 1.08 bits per heavy atom. The maximum absolute atomic E-state index is 13.2. The molecule has 0 atom stereocenters. The monoisotopic (exact) mass is 347 g/mol. The number of nitrogens with zero attached hydrogens (tertiary/aromatic N) is 2. The smallest absolute Gasteiger partial charge is 0.277 e. The molecule has 0 aliphatic carbocycles. The lowest BCUT2D eigenvalue weighted by Crippen LogP contribution is -2.13. The fourth-order valence-corrected chi connectivity index (χ4v) is 2.43. The third kappa shape index (κ3) is 4.17. The minimum Gasteiger partial charge on any atom is -0.411 e. The van der Waals surface area contributed by atoms with Crippen molar-refractivity contribution in [3.8, 4) is 11.5 Å². The molecule has 0 saturated carbocycles. The van der Waals surface area contributed by atoms with Crippen LogP contribution in [0.5, 0.6) is 0 Å². The van der Waals surface area contributed by atoms with E-state index in [1.165, 1.54) is 42.5 Å². The Morgan fingerprint density at radius 2 is 1.88 bits per heavy atom. The van der Waals surface area contributed by atoms with Crippen molar-refractivity contribution in [3.63, 3.8) is 0 Å². The Bertz CT molecular complexity index is 853. The van der Waals surface area contributed by atoms with Crippen molar-refractivity contribution >= 4 is 23.4 Å². The highest BCUT2D eigenvalue weighted by atomic mass is 32.2. The first kappa shape index (κ1) is 16.1. The summed E-state index contributed by atoms with van der Waals surface area (Å²) < 4.78 is 31.4. The highest BCUT2D eigenvalue weighted by Gasteiger charge is 2.12. The van der Waals surface area contributed by atoms with Crippen LogP contribution in [0.3, 0.4) is 0 Å². The second kappa shape index (κ2) is 7.22.